The number of benzene rings is 5. The van der Waals surface area contributed by atoms with Crippen molar-refractivity contribution in [3.63, 3.8) is 0 Å². The Morgan fingerprint density at radius 1 is 0.578 bits per heavy atom. The average molecular weight is 583 g/mol. The third-order valence-electron chi connectivity index (χ3n) is 8.68. The molecule has 0 saturated heterocycles. The lowest BCUT2D eigenvalue weighted by Gasteiger charge is -2.20. The number of nitrogens with zero attached hydrogens (tertiary/aromatic N) is 2. The summed E-state index contributed by atoms with van der Waals surface area (Å²) in [5.74, 6) is 0.746. The van der Waals surface area contributed by atoms with Gasteiger partial charge < -0.3 is 4.42 Å². The fraction of sp³-hybridized carbons (Fsp3) is 0.143. The van der Waals surface area contributed by atoms with Crippen LogP contribution in [0, 0.1) is 6.57 Å². The van der Waals surface area contributed by atoms with Crippen LogP contribution in [0.1, 0.15) is 50.7 Å². The first kappa shape index (κ1) is 28.3. The molecule has 5 aromatic carbocycles. The predicted octanol–water partition coefficient (Wildman–Crippen LogP) is 12.4. The molecule has 0 atom stereocenters. The molecule has 7 aromatic rings. The fourth-order valence-corrected chi connectivity index (χ4v) is 6.47. The Morgan fingerprint density at radius 3 is 1.84 bits per heavy atom. The zero-order valence-corrected chi connectivity index (χ0v) is 26.0. The second kappa shape index (κ2) is 11.6. The van der Waals surface area contributed by atoms with Gasteiger partial charge in [-0.25, -0.2) is 4.85 Å². The monoisotopic (exact) mass is 582 g/mol. The van der Waals surface area contributed by atoms with Crippen molar-refractivity contribution in [3.05, 3.63) is 144 Å². The molecule has 3 heteroatoms. The summed E-state index contributed by atoms with van der Waals surface area (Å²) in [6, 6.07) is 40.0. The Morgan fingerprint density at radius 2 is 1.20 bits per heavy atom. The minimum Gasteiger partial charge on any atom is -0.455 e. The van der Waals surface area contributed by atoms with E-state index in [0.717, 1.165) is 61.0 Å². The number of furan rings is 1. The highest BCUT2D eigenvalue weighted by Crippen LogP contribution is 2.45. The van der Waals surface area contributed by atoms with Gasteiger partial charge in [0.1, 0.15) is 11.2 Å². The second-order valence-electron chi connectivity index (χ2n) is 12.3. The van der Waals surface area contributed by atoms with Gasteiger partial charge in [0.15, 0.2) is 5.69 Å². The van der Waals surface area contributed by atoms with Crippen molar-refractivity contribution in [1.29, 1.82) is 0 Å². The smallest absolute Gasteiger partial charge is 0.188 e. The van der Waals surface area contributed by atoms with E-state index in [2.05, 4.69) is 124 Å². The number of rotatable bonds is 6. The van der Waals surface area contributed by atoms with Gasteiger partial charge >= 0.3 is 0 Å². The van der Waals surface area contributed by atoms with Gasteiger partial charge in [0.05, 0.1) is 12.3 Å². The first-order valence-corrected chi connectivity index (χ1v) is 15.5. The highest BCUT2D eigenvalue weighted by Gasteiger charge is 2.21. The molecule has 0 radical (unpaired) electrons. The summed E-state index contributed by atoms with van der Waals surface area (Å²) >= 11 is 0. The largest absolute Gasteiger partial charge is 0.455 e. The number of hydrogen-bond acceptors (Lipinski definition) is 2. The van der Waals surface area contributed by atoms with Gasteiger partial charge in [0.25, 0.3) is 0 Å². The third kappa shape index (κ3) is 5.09. The molecule has 0 fully saturated rings. The van der Waals surface area contributed by atoms with Crippen LogP contribution < -0.4 is 0 Å². The van der Waals surface area contributed by atoms with Crippen molar-refractivity contribution in [2.24, 2.45) is 0 Å². The number of hydrogen-bond donors (Lipinski definition) is 0. The van der Waals surface area contributed by atoms with Gasteiger partial charge in [-0.05, 0) is 87.2 Å². The zero-order chi connectivity index (χ0) is 31.1. The lowest BCUT2D eigenvalue weighted by molar-refractivity contribution is 0.671. The lowest BCUT2D eigenvalue weighted by atomic mass is 9.85. The summed E-state index contributed by atoms with van der Waals surface area (Å²) in [7, 11) is 0. The second-order valence-corrected chi connectivity index (χ2v) is 12.3. The van der Waals surface area contributed by atoms with Crippen LogP contribution >= 0.6 is 0 Å². The first-order chi connectivity index (χ1) is 21.9. The standard InChI is InChI=1S/C42H34N2O/c1-26(2)33-17-12-18-34(27(3)4)40(33)30-19-20-44-39(23-30)38-25-32(43-5)24-37-36-22-31(28-13-8-6-9-14-28)21-35(41(36)45-42(37)38)29-15-10-7-11-16-29/h6-27H,1-4H3. The minimum atomic E-state index is 0.373. The molecule has 45 heavy (non-hydrogen) atoms. The van der Waals surface area contributed by atoms with Crippen molar-refractivity contribution in [2.75, 3.05) is 0 Å². The number of pyridine rings is 1. The first-order valence-electron chi connectivity index (χ1n) is 15.5. The van der Waals surface area contributed by atoms with Crippen LogP contribution in [0.25, 0.3) is 71.4 Å². The van der Waals surface area contributed by atoms with Gasteiger partial charge in [-0.3, -0.25) is 4.98 Å². The Bertz CT molecular complexity index is 2190. The molecule has 0 aliphatic heterocycles. The summed E-state index contributed by atoms with van der Waals surface area (Å²) in [6.07, 6.45) is 1.88. The van der Waals surface area contributed by atoms with Crippen molar-refractivity contribution in [1.82, 2.24) is 4.98 Å². The maximum Gasteiger partial charge on any atom is 0.188 e. The highest BCUT2D eigenvalue weighted by molar-refractivity contribution is 6.15. The molecule has 0 N–H and O–H groups in total. The van der Waals surface area contributed by atoms with E-state index in [1.54, 1.807) is 0 Å². The van der Waals surface area contributed by atoms with Crippen LogP contribution in [-0.2, 0) is 0 Å². The van der Waals surface area contributed by atoms with Gasteiger partial charge in [-0.1, -0.05) is 107 Å². The Labute approximate surface area is 264 Å². The number of aromatic nitrogens is 1. The van der Waals surface area contributed by atoms with Crippen molar-refractivity contribution in [3.8, 4) is 44.6 Å². The van der Waals surface area contributed by atoms with E-state index in [0.29, 0.717) is 17.5 Å². The molecule has 0 spiro atoms. The normalized spacial score (nSPS) is 11.5. The Hall–Kier alpha value is -5.46. The Balaban J connectivity index is 1.51. The van der Waals surface area contributed by atoms with Crippen LogP contribution in [0.5, 0.6) is 0 Å². The predicted molar refractivity (Wildman–Crippen MR) is 188 cm³/mol. The molecule has 0 amide bonds. The van der Waals surface area contributed by atoms with Crippen LogP contribution in [0.2, 0.25) is 0 Å². The molecule has 2 heterocycles. The topological polar surface area (TPSA) is 30.4 Å². The summed E-state index contributed by atoms with van der Waals surface area (Å²) in [6.45, 7) is 17.0. The molecule has 0 bridgehead atoms. The average Bonchev–Trinajstić information content (AvgIpc) is 3.46. The molecular formula is C42H34N2O. The van der Waals surface area contributed by atoms with E-state index >= 15 is 0 Å². The molecular weight excluding hydrogens is 548 g/mol. The van der Waals surface area contributed by atoms with Gasteiger partial charge in [0.2, 0.25) is 0 Å². The van der Waals surface area contributed by atoms with E-state index in [1.165, 1.54) is 16.7 Å². The molecule has 0 aliphatic rings. The van der Waals surface area contributed by atoms with Crippen molar-refractivity contribution in [2.45, 2.75) is 39.5 Å². The van der Waals surface area contributed by atoms with Crippen LogP contribution in [0.15, 0.2) is 126 Å². The zero-order valence-electron chi connectivity index (χ0n) is 26.0. The van der Waals surface area contributed by atoms with E-state index in [4.69, 9.17) is 16.0 Å². The SMILES string of the molecule is [C-]#[N+]c1cc(-c2cc(-c3c(C(C)C)cccc3C(C)C)ccn2)c2oc3c(-c4ccccc4)cc(-c4ccccc4)cc3c2c1. The summed E-state index contributed by atoms with van der Waals surface area (Å²) in [4.78, 5) is 8.75. The summed E-state index contributed by atoms with van der Waals surface area (Å²) < 4.78 is 6.84. The molecule has 2 aromatic heterocycles. The van der Waals surface area contributed by atoms with E-state index < -0.39 is 0 Å². The van der Waals surface area contributed by atoms with Crippen LogP contribution in [-0.4, -0.2) is 4.98 Å². The van der Waals surface area contributed by atoms with Crippen molar-refractivity contribution >= 4 is 27.6 Å². The van der Waals surface area contributed by atoms with Gasteiger partial charge in [-0.2, -0.15) is 0 Å². The summed E-state index contributed by atoms with van der Waals surface area (Å²) in [5.41, 5.74) is 13.1. The van der Waals surface area contributed by atoms with Gasteiger partial charge in [-0.15, -0.1) is 0 Å². The minimum absolute atomic E-state index is 0.373. The maximum atomic E-state index is 7.99. The van der Waals surface area contributed by atoms with Crippen LogP contribution in [0.4, 0.5) is 5.69 Å². The maximum absolute atomic E-state index is 7.99. The van der Waals surface area contributed by atoms with E-state index in [1.807, 2.05) is 30.5 Å². The Kier molecular flexibility index (Phi) is 7.28. The third-order valence-corrected chi connectivity index (χ3v) is 8.68. The summed E-state index contributed by atoms with van der Waals surface area (Å²) in [5, 5.41) is 1.90. The molecule has 0 saturated carbocycles. The highest BCUT2D eigenvalue weighted by atomic mass is 16.3. The van der Waals surface area contributed by atoms with E-state index in [9.17, 15) is 0 Å². The van der Waals surface area contributed by atoms with Crippen molar-refractivity contribution < 1.29 is 4.42 Å². The quantitative estimate of drug-likeness (QED) is 0.183. The molecule has 7 rings (SSSR count). The molecule has 218 valence electrons. The molecule has 3 nitrogen and oxygen atoms in total. The molecule has 0 aliphatic carbocycles. The molecule has 0 unspecified atom stereocenters. The van der Waals surface area contributed by atoms with Crippen LogP contribution in [0.3, 0.4) is 0 Å². The van der Waals surface area contributed by atoms with E-state index in [-0.39, 0.29) is 0 Å². The van der Waals surface area contributed by atoms with Gasteiger partial charge in [0, 0.05) is 28.1 Å². The lowest BCUT2D eigenvalue weighted by Crippen LogP contribution is -2.00. The fourth-order valence-electron chi connectivity index (χ4n) is 6.47. The number of fused-ring (bicyclic) bond motifs is 3.